The highest BCUT2D eigenvalue weighted by Crippen LogP contribution is 2.43. The summed E-state index contributed by atoms with van der Waals surface area (Å²) in [5.41, 5.74) is 0. The minimum atomic E-state index is -3.34. The summed E-state index contributed by atoms with van der Waals surface area (Å²) in [6.45, 7) is -6.73. The Labute approximate surface area is 821 Å². The van der Waals surface area contributed by atoms with Crippen LogP contribution in [0.1, 0.15) is 54.9 Å². The van der Waals surface area contributed by atoms with Gasteiger partial charge in [-0.1, -0.05) is 0 Å². The Kier molecular flexibility index (Phi) is 44.5. The molecule has 10 saturated heterocycles. The highest BCUT2D eigenvalue weighted by atomic mass is 16.8. The molecule has 0 aromatic carbocycles. The maximum absolute atomic E-state index is 13.4. The number of amides is 6. The molecule has 0 aromatic heterocycles. The van der Waals surface area contributed by atoms with Gasteiger partial charge >= 0.3 is 5.97 Å². The second kappa shape index (κ2) is 53.2. The van der Waals surface area contributed by atoms with E-state index in [0.29, 0.717) is 0 Å². The van der Waals surface area contributed by atoms with E-state index in [1.807, 2.05) is 0 Å². The fourth-order valence-electron chi connectivity index (χ4n) is 18.4. The smallest absolute Gasteiger partial charge is 0.364 e. The van der Waals surface area contributed by atoms with Crippen molar-refractivity contribution in [1.29, 1.82) is 0 Å². The maximum Gasteiger partial charge on any atom is 0.364 e. The number of carboxylic acids is 1. The van der Waals surface area contributed by atoms with Crippen LogP contribution in [0.3, 0.4) is 0 Å². The van der Waals surface area contributed by atoms with Gasteiger partial charge in [-0.3, -0.25) is 28.8 Å². The maximum atomic E-state index is 13.4. The summed E-state index contributed by atoms with van der Waals surface area (Å²) in [7, 11) is 0. The second-order valence-electron chi connectivity index (χ2n) is 36.5. The molecule has 0 saturated carbocycles. The third-order valence-corrected chi connectivity index (χ3v) is 26.0. The van der Waals surface area contributed by atoms with E-state index in [4.69, 9.17) is 94.7 Å². The fraction of sp³-hybridized carbons (Fsp3) is 0.914. The first-order valence-electron chi connectivity index (χ1n) is 46.0. The fourth-order valence-corrected chi connectivity index (χ4v) is 18.4. The molecule has 0 aromatic rings. The van der Waals surface area contributed by atoms with Crippen LogP contribution in [0, 0.1) is 0 Å². The number of carbonyl (C=O) groups excluding carboxylic acids is 6. The van der Waals surface area contributed by atoms with Crippen molar-refractivity contribution in [1.82, 2.24) is 31.9 Å². The van der Waals surface area contributed by atoms with Crippen LogP contribution in [0.15, 0.2) is 0 Å². The first kappa shape index (κ1) is 121. The molecule has 145 heavy (non-hydrogen) atoms. The summed E-state index contributed by atoms with van der Waals surface area (Å²) in [6, 6.07) is -11.6. The highest BCUT2D eigenvalue weighted by Gasteiger charge is 2.65. The molecule has 0 aliphatic carbocycles. The number of nitrogens with one attached hydrogen (secondary N) is 6. The number of aliphatic hydroxyl groups is 30. The predicted octanol–water partition coefficient (Wildman–Crippen LogP) is -24.2. The van der Waals surface area contributed by atoms with Crippen molar-refractivity contribution in [2.75, 3.05) is 72.7 Å². The van der Waals surface area contributed by atoms with Crippen molar-refractivity contribution < 1.29 is 287 Å². The summed E-state index contributed by atoms with van der Waals surface area (Å²) in [5, 5.41) is 365. The van der Waals surface area contributed by atoms with Gasteiger partial charge < -0.3 is 285 Å². The number of carbonyl (C=O) groups is 7. The lowest BCUT2D eigenvalue weighted by atomic mass is 9.88. The van der Waals surface area contributed by atoms with Crippen LogP contribution < -0.4 is 31.9 Å². The third kappa shape index (κ3) is 27.9. The molecule has 0 bridgehead atoms. The highest BCUT2D eigenvalue weighted by molar-refractivity contribution is 5.77. The zero-order chi connectivity index (χ0) is 108. The van der Waals surface area contributed by atoms with E-state index >= 15 is 0 Å². The Morgan fingerprint density at radius 1 is 0.331 bits per heavy atom. The number of ether oxygens (including phenoxy) is 20. The lowest BCUT2D eigenvalue weighted by Gasteiger charge is -2.51. The van der Waals surface area contributed by atoms with Crippen LogP contribution in [0.2, 0.25) is 0 Å². The van der Waals surface area contributed by atoms with E-state index in [2.05, 4.69) is 31.9 Å². The predicted molar refractivity (Wildman–Crippen MR) is 450 cm³/mol. The second-order valence-corrected chi connectivity index (χ2v) is 36.5. The standard InChI is InChI=1S/C81H136N6O58/c1-20-44(106)56(118)59(121)75(128-20)126-18-30(105)62(45(107)27(9-88)82-21(2)97)137-72-41(85-24(5)100)54(116)64(36(16-95)133-72)139-76-60(122)67(141-79-70(58(120)49(111)33(13-92)132-79)143-74-42(86-25(6)101)53(115)63(35(15-94)134-74)138-71-40(84-23(4)99)52(114)47(109)31(11-90)129-71)51(113)38(136-76)19-127-78-69(57(119)48(110)32(12-91)131-78)142-73-43(87-26(7)102)55(117)65(37(17-96)135-73)140-77-61(123)68(50(112)34(14-93)130-77)145-81(80(124)125)8-28(103)39(83-22(3)98)66(144-81)46(108)29(104)10-89/h20,27-79,88-96,103-123H,8-19H2,1-7H3,(H,82,97)(H,83,98)(H,84,99)(H,85,100)(H,86,101)(H,87,102)(H,124,125)/t20-,27-,28-,29+,30+,31+,32+,33+,34+,35+,36+,37+,38+,39+,40+,41+,42+,43+,44+,45+,46+,47-,48+,49+,50-,51+,52+,53+,54+,55+,56+,57-,58-,59-,60-,61+,62+,63+,64+,65+,66+,67-,68-,69-,70-,71-,72-,73-,74-,75+,76-,77-,78-,79+,81-/m0/s1. The molecule has 55 atom stereocenters. The van der Waals surface area contributed by atoms with Crippen LogP contribution in [-0.4, -0.2) is 609 Å². The minimum Gasteiger partial charge on any atom is -0.477 e. The lowest BCUT2D eigenvalue weighted by Crippen LogP contribution is -2.71. The quantitative estimate of drug-likeness (QED) is 0.0270. The molecule has 6 amide bonds. The first-order chi connectivity index (χ1) is 68.3. The van der Waals surface area contributed by atoms with Gasteiger partial charge in [0.05, 0.1) is 97.0 Å². The summed E-state index contributed by atoms with van der Waals surface area (Å²) >= 11 is 0. The van der Waals surface area contributed by atoms with Gasteiger partial charge in [-0.15, -0.1) is 0 Å². The average Bonchev–Trinajstić information content (AvgIpc) is 0.748. The Hall–Kier alpha value is -5.71. The van der Waals surface area contributed by atoms with Crippen molar-refractivity contribution in [2.45, 2.75) is 392 Å². The SMILES string of the molecule is CC(=O)N[C@H]1[C@H](O[C@@H]([C@H](O)[C@H](CO)NC(C)=O)[C@H](O)CO[C@@H]2O[C@@H](C)[C@@H](O)[C@@H](O)[C@@H]2O)O[C@H](CO)[C@@H](O[C@@H]2O[C@H](CO[C@H]3O[C@H](CO)[C@@H](O)[C@H](O)[C@@H]3O[C@@H]3O[C@H](CO)[C@@H](O[C@@H]4O[C@H](CO)[C@H](O)[C@H](O[C@]5(C(=O)O)C[C@H](O)[C@@H](NC(C)=O)[C@H]([C@H](O)[C@H](O)CO)O5)[C@H]4O)[C@H](O)[C@H]3NC(C)=O)[C@@H](O)[C@H](O[C@H]3O[C@H](CO)[C@@H](O)[C@H](O)[C@@H]3O[C@@H]3O[C@H](CO)[C@@H](O[C@@H]4O[C@H](CO)[C@H](O)[C@H](O)[C@H]4NC(C)=O)[C@H](O)[C@H]3NC(C)=O)[C@@H]2O)[C@@H]1O. The molecule has 10 rings (SSSR count). The molecule has 64 nitrogen and oxygen atoms in total. The summed E-state index contributed by atoms with van der Waals surface area (Å²) < 4.78 is 120. The molecule has 838 valence electrons. The third-order valence-electron chi connectivity index (χ3n) is 26.0. The van der Waals surface area contributed by atoms with Crippen molar-refractivity contribution in [3.63, 3.8) is 0 Å². The van der Waals surface area contributed by atoms with Crippen molar-refractivity contribution >= 4 is 41.4 Å². The van der Waals surface area contributed by atoms with E-state index < -0.39 is 457 Å². The van der Waals surface area contributed by atoms with E-state index in [0.717, 1.165) is 41.5 Å². The zero-order valence-electron chi connectivity index (χ0n) is 78.5. The molecule has 10 aliphatic heterocycles. The number of hydrogen-bond acceptors (Lipinski definition) is 57. The van der Waals surface area contributed by atoms with Gasteiger partial charge in [0, 0.05) is 48.0 Å². The number of rotatable bonds is 43. The van der Waals surface area contributed by atoms with Crippen LogP contribution in [0.4, 0.5) is 0 Å². The van der Waals surface area contributed by atoms with Crippen LogP contribution >= 0.6 is 0 Å². The largest absolute Gasteiger partial charge is 0.477 e. The van der Waals surface area contributed by atoms with Crippen molar-refractivity contribution in [3.05, 3.63) is 0 Å². The molecule has 64 heteroatoms. The Morgan fingerprint density at radius 3 is 1.14 bits per heavy atom. The van der Waals surface area contributed by atoms with Crippen molar-refractivity contribution in [3.8, 4) is 0 Å². The molecule has 10 fully saturated rings. The zero-order valence-corrected chi connectivity index (χ0v) is 78.5. The van der Waals surface area contributed by atoms with Gasteiger partial charge in [0.1, 0.15) is 250 Å². The molecule has 37 N–H and O–H groups in total. The van der Waals surface area contributed by atoms with Gasteiger partial charge in [0.15, 0.2) is 56.6 Å². The van der Waals surface area contributed by atoms with E-state index in [1.54, 1.807) is 0 Å². The minimum absolute atomic E-state index is 0.850. The molecule has 10 aliphatic rings. The van der Waals surface area contributed by atoms with Gasteiger partial charge in [0.2, 0.25) is 35.4 Å². The molecule has 0 radical (unpaired) electrons. The van der Waals surface area contributed by atoms with Crippen LogP contribution in [0.25, 0.3) is 0 Å². The van der Waals surface area contributed by atoms with Crippen LogP contribution in [0.5, 0.6) is 0 Å². The van der Waals surface area contributed by atoms with Gasteiger partial charge in [-0.2, -0.15) is 0 Å². The number of aliphatic carboxylic acids is 1. The molecule has 0 unspecified atom stereocenters. The van der Waals surface area contributed by atoms with E-state index in [1.165, 1.54) is 6.92 Å². The summed E-state index contributed by atoms with van der Waals surface area (Å²) in [6.07, 6.45) is -108. The van der Waals surface area contributed by atoms with E-state index in [9.17, 15) is 192 Å². The Morgan fingerprint density at radius 2 is 0.697 bits per heavy atom. The monoisotopic (exact) mass is 2120 g/mol. The molecular formula is C81H136N6O58. The summed E-state index contributed by atoms with van der Waals surface area (Å²) in [5.74, 6) is -11.3. The average molecular weight is 2120 g/mol. The van der Waals surface area contributed by atoms with Gasteiger partial charge in [0.25, 0.3) is 5.79 Å². The van der Waals surface area contributed by atoms with Gasteiger partial charge in [-0.05, 0) is 6.92 Å². The number of carboxylic acid groups (broad SMARTS) is 1. The number of hydrogen-bond donors (Lipinski definition) is 37. The van der Waals surface area contributed by atoms with Crippen LogP contribution in [-0.2, 0) is 128 Å². The van der Waals surface area contributed by atoms with E-state index in [-0.39, 0.29) is 0 Å². The Balaban J connectivity index is 0.991. The molecule has 10 heterocycles. The topological polar surface area (TPSA) is 1000 Å². The molecule has 0 spiro atoms. The first-order valence-corrected chi connectivity index (χ1v) is 46.0. The lowest BCUT2D eigenvalue weighted by molar-refractivity contribution is -0.398. The molecular weight excluding hydrogens is 1980 g/mol. The van der Waals surface area contributed by atoms with Crippen molar-refractivity contribution in [2.24, 2.45) is 0 Å². The number of aliphatic hydroxyl groups excluding tert-OH is 30. The normalized spacial score (nSPS) is 44.9. The Bertz CT molecular complexity index is 4090. The summed E-state index contributed by atoms with van der Waals surface area (Å²) in [4.78, 5) is 90.4. The van der Waals surface area contributed by atoms with Gasteiger partial charge in [-0.25, -0.2) is 4.79 Å².